The Kier molecular flexibility index (Phi) is 7.78. The Morgan fingerprint density at radius 3 is 2.00 bits per heavy atom. The first kappa shape index (κ1) is 17.3. The van der Waals surface area contributed by atoms with E-state index in [-0.39, 0.29) is 0 Å². The average Bonchev–Trinajstić information content (AvgIpc) is 2.40. The molecule has 0 atom stereocenters. The largest absolute Gasteiger partial charge is 0.306 e. The summed E-state index contributed by atoms with van der Waals surface area (Å²) in [4.78, 5) is 5.09. The summed E-state index contributed by atoms with van der Waals surface area (Å²) in [6, 6.07) is 0.791. The van der Waals surface area contributed by atoms with Crippen LogP contribution in [0.2, 0.25) is 0 Å². The highest BCUT2D eigenvalue weighted by Crippen LogP contribution is 2.33. The van der Waals surface area contributed by atoms with Gasteiger partial charge >= 0.3 is 0 Å². The first-order valence-corrected chi connectivity index (χ1v) is 8.69. The summed E-state index contributed by atoms with van der Waals surface area (Å²) in [5.41, 5.74) is 0.456. The quantitative estimate of drug-likeness (QED) is 0.682. The first-order valence-electron chi connectivity index (χ1n) is 8.06. The molecule has 1 aliphatic rings. The van der Waals surface area contributed by atoms with Gasteiger partial charge in [-0.2, -0.15) is 12.6 Å². The molecule has 2 nitrogen and oxygen atoms in total. The predicted molar refractivity (Wildman–Crippen MR) is 89.3 cm³/mol. The highest BCUT2D eigenvalue weighted by atomic mass is 32.1. The van der Waals surface area contributed by atoms with Crippen molar-refractivity contribution in [1.82, 2.24) is 9.80 Å². The monoisotopic (exact) mass is 286 g/mol. The molecule has 1 saturated heterocycles. The number of nitrogens with zero attached hydrogens (tertiary/aromatic N) is 2. The second kappa shape index (κ2) is 8.53. The summed E-state index contributed by atoms with van der Waals surface area (Å²) < 4.78 is 0. The van der Waals surface area contributed by atoms with Gasteiger partial charge in [0.15, 0.2) is 0 Å². The van der Waals surface area contributed by atoms with Crippen molar-refractivity contribution in [3.8, 4) is 0 Å². The zero-order chi connectivity index (χ0) is 14.3. The molecule has 0 spiro atoms. The maximum Gasteiger partial charge on any atom is 0.0113 e. The van der Waals surface area contributed by atoms with Crippen molar-refractivity contribution in [2.45, 2.75) is 58.4 Å². The van der Waals surface area contributed by atoms with Crippen LogP contribution in [0.4, 0.5) is 0 Å². The summed E-state index contributed by atoms with van der Waals surface area (Å²) in [6.45, 7) is 8.42. The van der Waals surface area contributed by atoms with E-state index in [2.05, 4.69) is 50.4 Å². The van der Waals surface area contributed by atoms with E-state index < -0.39 is 0 Å². The summed E-state index contributed by atoms with van der Waals surface area (Å²) in [5.74, 6) is 1.04. The van der Waals surface area contributed by atoms with Gasteiger partial charge in [0.25, 0.3) is 0 Å². The Balaban J connectivity index is 2.51. The third kappa shape index (κ3) is 5.28. The maximum atomic E-state index is 4.68. The van der Waals surface area contributed by atoms with Crippen LogP contribution in [0.15, 0.2) is 0 Å². The predicted octanol–water partition coefficient (Wildman–Crippen LogP) is 3.53. The van der Waals surface area contributed by atoms with Gasteiger partial charge in [0, 0.05) is 12.6 Å². The molecule has 0 saturated carbocycles. The molecule has 1 aliphatic heterocycles. The molecular weight excluding hydrogens is 252 g/mol. The topological polar surface area (TPSA) is 6.48 Å². The minimum absolute atomic E-state index is 0.456. The van der Waals surface area contributed by atoms with E-state index in [0.717, 1.165) is 11.8 Å². The molecular formula is C16H34N2S. The van der Waals surface area contributed by atoms with Crippen LogP contribution in [0.1, 0.15) is 52.4 Å². The lowest BCUT2D eigenvalue weighted by atomic mass is 9.80. The van der Waals surface area contributed by atoms with Crippen molar-refractivity contribution >= 4 is 12.6 Å². The van der Waals surface area contributed by atoms with Crippen LogP contribution >= 0.6 is 12.6 Å². The molecule has 0 aromatic heterocycles. The van der Waals surface area contributed by atoms with E-state index in [1.165, 1.54) is 58.2 Å². The lowest BCUT2D eigenvalue weighted by Gasteiger charge is -2.41. The van der Waals surface area contributed by atoms with E-state index in [1.54, 1.807) is 0 Å². The van der Waals surface area contributed by atoms with Crippen LogP contribution in [-0.4, -0.2) is 55.3 Å². The molecule has 0 unspecified atom stereocenters. The van der Waals surface area contributed by atoms with Gasteiger partial charge in [-0.1, -0.05) is 26.7 Å². The van der Waals surface area contributed by atoms with Gasteiger partial charge in [-0.15, -0.1) is 0 Å². The zero-order valence-corrected chi connectivity index (χ0v) is 14.4. The molecule has 0 radical (unpaired) electrons. The van der Waals surface area contributed by atoms with Crippen LogP contribution in [0.3, 0.4) is 0 Å². The first-order chi connectivity index (χ1) is 9.06. The van der Waals surface area contributed by atoms with Gasteiger partial charge in [0.1, 0.15) is 0 Å². The lowest BCUT2D eigenvalue weighted by Crippen LogP contribution is -2.46. The molecule has 0 aromatic carbocycles. The Bertz CT molecular complexity index is 229. The highest BCUT2D eigenvalue weighted by Gasteiger charge is 2.31. The van der Waals surface area contributed by atoms with Crippen LogP contribution < -0.4 is 0 Å². The van der Waals surface area contributed by atoms with Crippen molar-refractivity contribution in [3.63, 3.8) is 0 Å². The fourth-order valence-electron chi connectivity index (χ4n) is 3.62. The van der Waals surface area contributed by atoms with Crippen molar-refractivity contribution in [2.24, 2.45) is 5.41 Å². The number of piperidine rings is 1. The van der Waals surface area contributed by atoms with Gasteiger partial charge in [-0.25, -0.2) is 0 Å². The number of hydrogen-bond donors (Lipinski definition) is 1. The van der Waals surface area contributed by atoms with Gasteiger partial charge in [0.2, 0.25) is 0 Å². The number of rotatable bonds is 8. The van der Waals surface area contributed by atoms with Gasteiger partial charge in [-0.3, -0.25) is 0 Å². The summed E-state index contributed by atoms with van der Waals surface area (Å²) in [7, 11) is 4.43. The van der Waals surface area contributed by atoms with E-state index in [4.69, 9.17) is 0 Å². The normalized spacial score (nSPS) is 19.3. The van der Waals surface area contributed by atoms with E-state index in [0.29, 0.717) is 5.41 Å². The molecule has 19 heavy (non-hydrogen) atoms. The second-order valence-electron chi connectivity index (χ2n) is 6.63. The molecule has 0 aliphatic carbocycles. The number of likely N-dealkylation sites (tertiary alicyclic amines) is 1. The molecule has 1 fully saturated rings. The van der Waals surface area contributed by atoms with Gasteiger partial charge in [0.05, 0.1) is 0 Å². The summed E-state index contributed by atoms with van der Waals surface area (Å²) >= 11 is 4.68. The third-order valence-electron chi connectivity index (χ3n) is 4.74. The molecule has 1 heterocycles. The van der Waals surface area contributed by atoms with Crippen molar-refractivity contribution in [1.29, 1.82) is 0 Å². The Labute approximate surface area is 126 Å². The van der Waals surface area contributed by atoms with Crippen molar-refractivity contribution < 1.29 is 0 Å². The zero-order valence-electron chi connectivity index (χ0n) is 13.5. The average molecular weight is 287 g/mol. The van der Waals surface area contributed by atoms with Crippen LogP contribution in [-0.2, 0) is 0 Å². The fraction of sp³-hybridized carbons (Fsp3) is 1.00. The number of thiol groups is 1. The molecule has 0 N–H and O–H groups in total. The minimum atomic E-state index is 0.456. The fourth-order valence-corrected chi connectivity index (χ4v) is 4.04. The molecule has 1 rings (SSSR count). The summed E-state index contributed by atoms with van der Waals surface area (Å²) in [6.07, 6.45) is 7.89. The molecule has 0 bridgehead atoms. The Morgan fingerprint density at radius 1 is 1.11 bits per heavy atom. The minimum Gasteiger partial charge on any atom is -0.306 e. The van der Waals surface area contributed by atoms with E-state index in [9.17, 15) is 0 Å². The van der Waals surface area contributed by atoms with Crippen molar-refractivity contribution in [2.75, 3.05) is 39.5 Å². The third-order valence-corrected chi connectivity index (χ3v) is 5.41. The van der Waals surface area contributed by atoms with Crippen molar-refractivity contribution in [3.05, 3.63) is 0 Å². The highest BCUT2D eigenvalue weighted by molar-refractivity contribution is 7.80. The smallest absolute Gasteiger partial charge is 0.0113 e. The maximum absolute atomic E-state index is 4.68. The standard InChI is InChI=1S/C16H34N2S/c1-5-9-16(14-19,10-6-2)13-18-11-7-15(8-12-18)17(3)4/h15,19H,5-14H2,1-4H3. The Hall–Kier alpha value is 0.270. The van der Waals surface area contributed by atoms with Crippen LogP contribution in [0, 0.1) is 5.41 Å². The second-order valence-corrected chi connectivity index (χ2v) is 6.95. The Morgan fingerprint density at radius 2 is 1.63 bits per heavy atom. The van der Waals surface area contributed by atoms with E-state index in [1.807, 2.05) is 0 Å². The molecule has 0 aromatic rings. The van der Waals surface area contributed by atoms with Crippen LogP contribution in [0.5, 0.6) is 0 Å². The van der Waals surface area contributed by atoms with Crippen LogP contribution in [0.25, 0.3) is 0 Å². The molecule has 0 amide bonds. The lowest BCUT2D eigenvalue weighted by molar-refractivity contribution is 0.0936. The van der Waals surface area contributed by atoms with E-state index >= 15 is 0 Å². The van der Waals surface area contributed by atoms with Gasteiger partial charge in [-0.05, 0) is 64.0 Å². The SMILES string of the molecule is CCCC(CS)(CCC)CN1CCC(N(C)C)CC1. The molecule has 3 heteroatoms. The van der Waals surface area contributed by atoms with Gasteiger partial charge < -0.3 is 9.80 Å². The molecule has 114 valence electrons. The number of hydrogen-bond acceptors (Lipinski definition) is 3. The summed E-state index contributed by atoms with van der Waals surface area (Å²) in [5, 5.41) is 0.